The molecule has 1 aromatic carbocycles. The van der Waals surface area contributed by atoms with Gasteiger partial charge < -0.3 is 14.3 Å². The van der Waals surface area contributed by atoms with Crippen molar-refractivity contribution < 1.29 is 14.3 Å². The number of ether oxygens (including phenoxy) is 1. The maximum absolute atomic E-state index is 12.9. The first kappa shape index (κ1) is 21.4. The van der Waals surface area contributed by atoms with Gasteiger partial charge in [-0.1, -0.05) is 18.7 Å². The van der Waals surface area contributed by atoms with Crippen LogP contribution >= 0.6 is 11.3 Å². The molecule has 0 aliphatic heterocycles. The number of likely N-dealkylation sites (N-methyl/N-ethyl adjacent to an activating group) is 1. The standard InChI is InChI=1S/C22H30NO3S/c1-8-9-10-20-16(4)21(25)18-11-19(14(2)15(3)22(18)27-20)26-13-17(24)12-23(5,6)7/h8-11,17,24H,1,12-13H2,2-7H3/q+1/b10-9-. The first-order valence-corrected chi connectivity index (χ1v) is 9.85. The van der Waals surface area contributed by atoms with Crippen molar-refractivity contribution in [1.82, 2.24) is 0 Å². The molecule has 1 heterocycles. The molecule has 0 spiro atoms. The van der Waals surface area contributed by atoms with Crippen molar-refractivity contribution in [3.63, 3.8) is 0 Å². The highest BCUT2D eigenvalue weighted by Gasteiger charge is 2.18. The van der Waals surface area contributed by atoms with Crippen LogP contribution in [0.25, 0.3) is 16.2 Å². The molecule has 4 nitrogen and oxygen atoms in total. The van der Waals surface area contributed by atoms with Crippen molar-refractivity contribution in [3.05, 3.63) is 56.6 Å². The number of fused-ring (bicyclic) bond motifs is 1. The Hall–Kier alpha value is -1.95. The molecule has 0 aliphatic carbocycles. The minimum Gasteiger partial charge on any atom is -0.490 e. The molecular formula is C22H30NO3S+. The maximum Gasteiger partial charge on any atom is 0.191 e. The Labute approximate surface area is 165 Å². The summed E-state index contributed by atoms with van der Waals surface area (Å²) in [5.41, 5.74) is 2.79. The van der Waals surface area contributed by atoms with Crippen LogP contribution in [-0.4, -0.2) is 50.0 Å². The van der Waals surface area contributed by atoms with Gasteiger partial charge in [-0.15, -0.1) is 11.3 Å². The Morgan fingerprint density at radius 1 is 1.22 bits per heavy atom. The first-order chi connectivity index (χ1) is 12.5. The van der Waals surface area contributed by atoms with Crippen LogP contribution in [-0.2, 0) is 0 Å². The molecule has 0 aliphatic rings. The first-order valence-electron chi connectivity index (χ1n) is 9.03. The highest BCUT2D eigenvalue weighted by Crippen LogP contribution is 2.33. The van der Waals surface area contributed by atoms with Crippen LogP contribution in [0.4, 0.5) is 0 Å². The zero-order valence-electron chi connectivity index (χ0n) is 17.1. The average molecular weight is 389 g/mol. The van der Waals surface area contributed by atoms with Gasteiger partial charge in [-0.2, -0.15) is 0 Å². The van der Waals surface area contributed by atoms with Gasteiger partial charge in [-0.25, -0.2) is 0 Å². The lowest BCUT2D eigenvalue weighted by molar-refractivity contribution is -0.873. The molecule has 1 atom stereocenters. The van der Waals surface area contributed by atoms with Gasteiger partial charge in [0.2, 0.25) is 0 Å². The van der Waals surface area contributed by atoms with Crippen LogP contribution in [0.5, 0.6) is 5.75 Å². The van der Waals surface area contributed by atoms with Gasteiger partial charge >= 0.3 is 0 Å². The number of aliphatic hydroxyl groups excluding tert-OH is 1. The van der Waals surface area contributed by atoms with Crippen molar-refractivity contribution in [2.45, 2.75) is 26.9 Å². The summed E-state index contributed by atoms with van der Waals surface area (Å²) in [6.07, 6.45) is 4.91. The molecule has 0 amide bonds. The van der Waals surface area contributed by atoms with Crippen LogP contribution in [0.3, 0.4) is 0 Å². The third kappa shape index (κ3) is 5.06. The van der Waals surface area contributed by atoms with E-state index in [1.54, 1.807) is 17.4 Å². The van der Waals surface area contributed by atoms with E-state index in [1.165, 1.54) is 0 Å². The predicted octanol–water partition coefficient (Wildman–Crippen LogP) is 3.83. The molecule has 0 saturated carbocycles. The van der Waals surface area contributed by atoms with Gasteiger partial charge in [0.05, 0.1) is 21.1 Å². The van der Waals surface area contributed by atoms with Crippen molar-refractivity contribution in [2.75, 3.05) is 34.3 Å². The van der Waals surface area contributed by atoms with Gasteiger partial charge in [0.25, 0.3) is 0 Å². The number of allylic oxidation sites excluding steroid dienone is 2. The van der Waals surface area contributed by atoms with Crippen molar-refractivity contribution >= 4 is 27.5 Å². The smallest absolute Gasteiger partial charge is 0.191 e. The Kier molecular flexibility index (Phi) is 6.63. The van der Waals surface area contributed by atoms with Crippen LogP contribution in [0.2, 0.25) is 0 Å². The van der Waals surface area contributed by atoms with Crippen LogP contribution in [0.15, 0.2) is 29.6 Å². The lowest BCUT2D eigenvalue weighted by Crippen LogP contribution is -2.43. The second-order valence-electron chi connectivity index (χ2n) is 7.95. The molecule has 0 fully saturated rings. The fourth-order valence-corrected chi connectivity index (χ4v) is 4.18. The molecule has 5 heteroatoms. The number of aliphatic hydroxyl groups is 1. The van der Waals surface area contributed by atoms with Gasteiger partial charge in [0, 0.05) is 20.5 Å². The lowest BCUT2D eigenvalue weighted by Gasteiger charge is -2.27. The van der Waals surface area contributed by atoms with E-state index < -0.39 is 6.10 Å². The highest BCUT2D eigenvalue weighted by molar-refractivity contribution is 7.19. The van der Waals surface area contributed by atoms with E-state index in [4.69, 9.17) is 4.74 Å². The van der Waals surface area contributed by atoms with Gasteiger partial charge in [-0.05, 0) is 44.0 Å². The van der Waals surface area contributed by atoms with E-state index >= 15 is 0 Å². The maximum atomic E-state index is 12.9. The number of benzene rings is 1. The topological polar surface area (TPSA) is 46.5 Å². The number of hydrogen-bond acceptors (Lipinski definition) is 4. The molecule has 2 aromatic rings. The Morgan fingerprint density at radius 3 is 2.48 bits per heavy atom. The second-order valence-corrected chi connectivity index (χ2v) is 9.01. The summed E-state index contributed by atoms with van der Waals surface area (Å²) in [6.45, 7) is 10.3. The zero-order chi connectivity index (χ0) is 20.4. The fraction of sp³-hybridized carbons (Fsp3) is 0.409. The monoisotopic (exact) mass is 388 g/mol. The van der Waals surface area contributed by atoms with E-state index in [1.807, 2.05) is 60.1 Å². The van der Waals surface area contributed by atoms with Crippen molar-refractivity contribution in [2.24, 2.45) is 0 Å². The third-order valence-corrected chi connectivity index (χ3v) is 5.93. The molecule has 1 aromatic heterocycles. The molecular weight excluding hydrogens is 358 g/mol. The number of rotatable bonds is 7. The van der Waals surface area contributed by atoms with Gasteiger partial charge in [-0.3, -0.25) is 4.79 Å². The molecule has 0 saturated heterocycles. The van der Waals surface area contributed by atoms with E-state index in [-0.39, 0.29) is 12.0 Å². The van der Waals surface area contributed by atoms with Crippen molar-refractivity contribution in [3.8, 4) is 5.75 Å². The number of quaternary nitrogens is 1. The quantitative estimate of drug-likeness (QED) is 0.579. The average Bonchev–Trinajstić information content (AvgIpc) is 2.57. The minimum absolute atomic E-state index is 0.0207. The summed E-state index contributed by atoms with van der Waals surface area (Å²) in [4.78, 5) is 13.8. The SMILES string of the molecule is C=C/C=C\c1sc2c(C)c(C)c(OCC(O)C[N+](C)(C)C)cc2c(=O)c1C. The number of hydrogen-bond donors (Lipinski definition) is 1. The fourth-order valence-electron chi connectivity index (χ4n) is 3.00. The summed E-state index contributed by atoms with van der Waals surface area (Å²) >= 11 is 1.61. The summed E-state index contributed by atoms with van der Waals surface area (Å²) in [5, 5.41) is 10.9. The Bertz CT molecular complexity index is 935. The Morgan fingerprint density at radius 2 is 1.89 bits per heavy atom. The summed E-state index contributed by atoms with van der Waals surface area (Å²) in [7, 11) is 6.09. The number of aryl methyl sites for hydroxylation is 1. The zero-order valence-corrected chi connectivity index (χ0v) is 17.9. The minimum atomic E-state index is -0.567. The predicted molar refractivity (Wildman–Crippen MR) is 116 cm³/mol. The highest BCUT2D eigenvalue weighted by atomic mass is 32.1. The van der Waals surface area contributed by atoms with E-state index in [0.717, 1.165) is 26.3 Å². The van der Waals surface area contributed by atoms with E-state index in [9.17, 15) is 9.90 Å². The van der Waals surface area contributed by atoms with Crippen LogP contribution in [0.1, 0.15) is 21.6 Å². The largest absolute Gasteiger partial charge is 0.490 e. The molecule has 1 N–H and O–H groups in total. The molecule has 0 radical (unpaired) electrons. The van der Waals surface area contributed by atoms with Crippen molar-refractivity contribution in [1.29, 1.82) is 0 Å². The normalized spacial score (nSPS) is 13.3. The van der Waals surface area contributed by atoms with E-state index in [0.29, 0.717) is 22.2 Å². The molecule has 27 heavy (non-hydrogen) atoms. The summed E-state index contributed by atoms with van der Waals surface area (Å²) in [5.74, 6) is 0.665. The lowest BCUT2D eigenvalue weighted by atomic mass is 10.0. The Balaban J connectivity index is 2.45. The van der Waals surface area contributed by atoms with Crippen LogP contribution in [0, 0.1) is 20.8 Å². The summed E-state index contributed by atoms with van der Waals surface area (Å²) < 4.78 is 7.54. The summed E-state index contributed by atoms with van der Waals surface area (Å²) in [6, 6.07) is 1.82. The van der Waals surface area contributed by atoms with Crippen LogP contribution < -0.4 is 10.2 Å². The third-order valence-electron chi connectivity index (χ3n) is 4.53. The number of nitrogens with zero attached hydrogens (tertiary/aromatic N) is 1. The molecule has 0 bridgehead atoms. The molecule has 146 valence electrons. The second kappa shape index (κ2) is 8.38. The molecule has 1 unspecified atom stereocenters. The van der Waals surface area contributed by atoms with Gasteiger partial charge in [0.1, 0.15) is 25.0 Å². The van der Waals surface area contributed by atoms with Gasteiger partial charge in [0.15, 0.2) is 5.43 Å². The molecule has 2 rings (SSSR count). The van der Waals surface area contributed by atoms with E-state index in [2.05, 4.69) is 6.58 Å².